The van der Waals surface area contributed by atoms with E-state index < -0.39 is 11.9 Å². The third kappa shape index (κ3) is 4.45. The molecule has 5 nitrogen and oxygen atoms in total. The summed E-state index contributed by atoms with van der Waals surface area (Å²) in [6.45, 7) is 4.05. The number of ether oxygens (including phenoxy) is 1. The molecule has 1 aromatic carbocycles. The van der Waals surface area contributed by atoms with Crippen LogP contribution in [-0.2, 0) is 4.79 Å². The van der Waals surface area contributed by atoms with Crippen LogP contribution in [0, 0.1) is 0 Å². The molecule has 1 aromatic rings. The van der Waals surface area contributed by atoms with Crippen molar-refractivity contribution in [2.75, 3.05) is 6.61 Å². The maximum Gasteiger partial charge on any atom is 0.318 e. The van der Waals surface area contributed by atoms with E-state index in [9.17, 15) is 9.59 Å². The zero-order valence-electron chi connectivity index (χ0n) is 10.6. The third-order valence-corrected chi connectivity index (χ3v) is 2.69. The number of imide groups is 1. The molecule has 5 heteroatoms. The van der Waals surface area contributed by atoms with Crippen molar-refractivity contribution >= 4 is 11.9 Å². The van der Waals surface area contributed by atoms with Gasteiger partial charge in [0.25, 0.3) is 5.91 Å². The van der Waals surface area contributed by atoms with Crippen molar-refractivity contribution in [3.05, 3.63) is 29.8 Å². The molecule has 0 spiro atoms. The molecular weight excluding hydrogens is 232 g/mol. The number of carbonyl (C=O) groups is 2. The minimum atomic E-state index is -0.879. The number of nitrogens with two attached hydrogens (primary N) is 1. The number of amides is 3. The number of hydrogen-bond acceptors (Lipinski definition) is 3. The molecule has 0 saturated heterocycles. The Morgan fingerprint density at radius 3 is 2.44 bits per heavy atom. The molecule has 0 bridgehead atoms. The Morgan fingerprint density at radius 2 is 1.94 bits per heavy atom. The van der Waals surface area contributed by atoms with Gasteiger partial charge in [0.05, 0.1) is 0 Å². The SMILES string of the molecule is CCC(C)c1ccc(OCC(=O)NC(N)=O)cc1. The second kappa shape index (κ2) is 6.64. The fourth-order valence-electron chi connectivity index (χ4n) is 1.45. The lowest BCUT2D eigenvalue weighted by Crippen LogP contribution is -2.38. The van der Waals surface area contributed by atoms with Gasteiger partial charge in [0, 0.05) is 0 Å². The first-order valence-electron chi connectivity index (χ1n) is 5.85. The van der Waals surface area contributed by atoms with Crippen LogP contribution in [0.1, 0.15) is 31.7 Å². The van der Waals surface area contributed by atoms with Crippen LogP contribution >= 0.6 is 0 Å². The molecule has 0 fully saturated rings. The molecule has 1 unspecified atom stereocenters. The molecule has 0 saturated carbocycles. The molecule has 0 aromatic heterocycles. The average Bonchev–Trinajstić information content (AvgIpc) is 2.35. The molecule has 1 rings (SSSR count). The monoisotopic (exact) mass is 250 g/mol. The average molecular weight is 250 g/mol. The topological polar surface area (TPSA) is 81.4 Å². The van der Waals surface area contributed by atoms with Gasteiger partial charge in [-0.2, -0.15) is 0 Å². The summed E-state index contributed by atoms with van der Waals surface area (Å²) in [5.41, 5.74) is 6.03. The Labute approximate surface area is 106 Å². The van der Waals surface area contributed by atoms with Crippen LogP contribution in [-0.4, -0.2) is 18.5 Å². The van der Waals surface area contributed by atoms with Gasteiger partial charge in [-0.1, -0.05) is 26.0 Å². The zero-order chi connectivity index (χ0) is 13.5. The smallest absolute Gasteiger partial charge is 0.318 e. The fraction of sp³-hybridized carbons (Fsp3) is 0.385. The summed E-state index contributed by atoms with van der Waals surface area (Å²) in [7, 11) is 0. The van der Waals surface area contributed by atoms with Crippen molar-refractivity contribution in [1.29, 1.82) is 0 Å². The van der Waals surface area contributed by atoms with Gasteiger partial charge >= 0.3 is 6.03 Å². The van der Waals surface area contributed by atoms with Gasteiger partial charge in [-0.3, -0.25) is 10.1 Å². The lowest BCUT2D eigenvalue weighted by atomic mass is 9.99. The first-order chi connectivity index (χ1) is 8.52. The van der Waals surface area contributed by atoms with Gasteiger partial charge in [0.15, 0.2) is 6.61 Å². The summed E-state index contributed by atoms with van der Waals surface area (Å²) in [6.07, 6.45) is 1.07. The molecule has 3 amide bonds. The highest BCUT2D eigenvalue weighted by molar-refractivity contribution is 5.94. The number of urea groups is 1. The standard InChI is InChI=1S/C13H18N2O3/c1-3-9(2)10-4-6-11(7-5-10)18-8-12(16)15-13(14)17/h4-7,9H,3,8H2,1-2H3,(H3,14,15,16,17). The summed E-state index contributed by atoms with van der Waals surface area (Å²) < 4.78 is 5.22. The Balaban J connectivity index is 2.49. The summed E-state index contributed by atoms with van der Waals surface area (Å²) in [5, 5.41) is 1.93. The van der Waals surface area contributed by atoms with Crippen LogP contribution < -0.4 is 15.8 Å². The van der Waals surface area contributed by atoms with Gasteiger partial charge in [-0.25, -0.2) is 4.79 Å². The maximum absolute atomic E-state index is 11.1. The van der Waals surface area contributed by atoms with Crippen molar-refractivity contribution < 1.29 is 14.3 Å². The molecule has 18 heavy (non-hydrogen) atoms. The summed E-state index contributed by atoms with van der Waals surface area (Å²) in [5.74, 6) is 0.521. The maximum atomic E-state index is 11.1. The Bertz CT molecular complexity index is 415. The van der Waals surface area contributed by atoms with E-state index in [0.29, 0.717) is 11.7 Å². The van der Waals surface area contributed by atoms with Crippen LogP contribution in [0.5, 0.6) is 5.75 Å². The van der Waals surface area contributed by atoms with Gasteiger partial charge in [0.2, 0.25) is 0 Å². The molecule has 0 aliphatic rings. The van der Waals surface area contributed by atoms with Crippen molar-refractivity contribution in [2.45, 2.75) is 26.2 Å². The van der Waals surface area contributed by atoms with Crippen LogP contribution in [0.15, 0.2) is 24.3 Å². The Hall–Kier alpha value is -2.04. The Morgan fingerprint density at radius 1 is 1.33 bits per heavy atom. The zero-order valence-corrected chi connectivity index (χ0v) is 10.6. The van der Waals surface area contributed by atoms with E-state index in [-0.39, 0.29) is 6.61 Å². The summed E-state index contributed by atoms with van der Waals surface area (Å²) in [6, 6.07) is 6.67. The molecule has 0 radical (unpaired) electrons. The molecule has 3 N–H and O–H groups in total. The van der Waals surface area contributed by atoms with Crippen LogP contribution in [0.25, 0.3) is 0 Å². The van der Waals surface area contributed by atoms with E-state index in [1.807, 2.05) is 17.4 Å². The lowest BCUT2D eigenvalue weighted by molar-refractivity contribution is -0.121. The minimum Gasteiger partial charge on any atom is -0.484 e. The highest BCUT2D eigenvalue weighted by atomic mass is 16.5. The quantitative estimate of drug-likeness (QED) is 0.835. The minimum absolute atomic E-state index is 0.231. The molecular formula is C13H18N2O3. The number of carbonyl (C=O) groups excluding carboxylic acids is 2. The lowest BCUT2D eigenvalue weighted by Gasteiger charge is -2.10. The van der Waals surface area contributed by atoms with Gasteiger partial charge in [0.1, 0.15) is 5.75 Å². The number of rotatable bonds is 5. The highest BCUT2D eigenvalue weighted by Gasteiger charge is 2.06. The summed E-state index contributed by atoms with van der Waals surface area (Å²) >= 11 is 0. The second-order valence-corrected chi connectivity index (χ2v) is 4.08. The predicted octanol–water partition coefficient (Wildman–Crippen LogP) is 1.77. The number of primary amides is 1. The van der Waals surface area contributed by atoms with E-state index in [1.165, 1.54) is 5.56 Å². The van der Waals surface area contributed by atoms with E-state index in [4.69, 9.17) is 10.5 Å². The largest absolute Gasteiger partial charge is 0.484 e. The van der Waals surface area contributed by atoms with E-state index >= 15 is 0 Å². The molecule has 0 aliphatic heterocycles. The van der Waals surface area contributed by atoms with Crippen LogP contribution in [0.4, 0.5) is 4.79 Å². The van der Waals surface area contributed by atoms with Crippen molar-refractivity contribution in [3.63, 3.8) is 0 Å². The van der Waals surface area contributed by atoms with E-state index in [0.717, 1.165) is 6.42 Å². The van der Waals surface area contributed by atoms with Crippen molar-refractivity contribution in [2.24, 2.45) is 5.73 Å². The van der Waals surface area contributed by atoms with Crippen LogP contribution in [0.2, 0.25) is 0 Å². The molecule has 0 heterocycles. The second-order valence-electron chi connectivity index (χ2n) is 4.08. The fourth-order valence-corrected chi connectivity index (χ4v) is 1.45. The van der Waals surface area contributed by atoms with Crippen LogP contribution in [0.3, 0.4) is 0 Å². The van der Waals surface area contributed by atoms with E-state index in [1.54, 1.807) is 12.1 Å². The third-order valence-electron chi connectivity index (χ3n) is 2.69. The number of hydrogen-bond donors (Lipinski definition) is 2. The number of benzene rings is 1. The Kier molecular flexibility index (Phi) is 5.17. The van der Waals surface area contributed by atoms with Gasteiger partial charge in [-0.15, -0.1) is 0 Å². The van der Waals surface area contributed by atoms with E-state index in [2.05, 4.69) is 13.8 Å². The normalized spacial score (nSPS) is 11.7. The van der Waals surface area contributed by atoms with Crippen molar-refractivity contribution in [3.8, 4) is 5.75 Å². The first kappa shape index (κ1) is 14.0. The molecule has 1 atom stereocenters. The summed E-state index contributed by atoms with van der Waals surface area (Å²) in [4.78, 5) is 21.5. The number of nitrogens with one attached hydrogen (secondary N) is 1. The van der Waals surface area contributed by atoms with Gasteiger partial charge in [-0.05, 0) is 30.0 Å². The molecule has 0 aliphatic carbocycles. The molecule has 98 valence electrons. The highest BCUT2D eigenvalue weighted by Crippen LogP contribution is 2.21. The van der Waals surface area contributed by atoms with Crippen molar-refractivity contribution in [1.82, 2.24) is 5.32 Å². The first-order valence-corrected chi connectivity index (χ1v) is 5.85. The van der Waals surface area contributed by atoms with Gasteiger partial charge < -0.3 is 10.5 Å². The predicted molar refractivity (Wildman–Crippen MR) is 68.4 cm³/mol.